The summed E-state index contributed by atoms with van der Waals surface area (Å²) < 4.78 is 54.4. The van der Waals surface area contributed by atoms with E-state index in [4.69, 9.17) is 0 Å². The Hall–Kier alpha value is -1.84. The first kappa shape index (κ1) is 20.5. The molecule has 2 atom stereocenters. The lowest BCUT2D eigenvalue weighted by atomic mass is 10.1. The van der Waals surface area contributed by atoms with Crippen LogP contribution in [-0.4, -0.2) is 19.0 Å². The summed E-state index contributed by atoms with van der Waals surface area (Å²) in [7, 11) is 1.53. The lowest BCUT2D eigenvalue weighted by molar-refractivity contribution is 0.553. The van der Waals surface area contributed by atoms with Crippen LogP contribution in [0.15, 0.2) is 41.4 Å². The van der Waals surface area contributed by atoms with Gasteiger partial charge in [0.05, 0.1) is 0 Å². The molecule has 2 N–H and O–H groups in total. The van der Waals surface area contributed by atoms with Gasteiger partial charge in [-0.2, -0.15) is 0 Å². The third-order valence-electron chi connectivity index (χ3n) is 4.16. The molecular formula is C18H18F4IN3. The Kier molecular flexibility index (Phi) is 6.85. The molecule has 0 saturated heterocycles. The zero-order chi connectivity index (χ0) is 18.0. The van der Waals surface area contributed by atoms with Crippen LogP contribution in [0.4, 0.5) is 17.6 Å². The van der Waals surface area contributed by atoms with Crippen LogP contribution < -0.4 is 10.6 Å². The van der Waals surface area contributed by atoms with Crippen LogP contribution in [0.2, 0.25) is 0 Å². The third-order valence-corrected chi connectivity index (χ3v) is 4.16. The summed E-state index contributed by atoms with van der Waals surface area (Å²) in [5, 5.41) is 5.91. The Balaban J connectivity index is 0.00000243. The van der Waals surface area contributed by atoms with Crippen molar-refractivity contribution in [2.45, 2.75) is 24.9 Å². The van der Waals surface area contributed by atoms with Crippen molar-refractivity contribution in [2.75, 3.05) is 7.05 Å². The molecule has 140 valence electrons. The second-order valence-corrected chi connectivity index (χ2v) is 5.89. The van der Waals surface area contributed by atoms with Crippen molar-refractivity contribution in [3.63, 3.8) is 0 Å². The van der Waals surface area contributed by atoms with E-state index in [1.165, 1.54) is 25.2 Å². The van der Waals surface area contributed by atoms with E-state index in [9.17, 15) is 17.6 Å². The van der Waals surface area contributed by atoms with Crippen molar-refractivity contribution in [1.82, 2.24) is 10.6 Å². The molecule has 8 heteroatoms. The smallest absolute Gasteiger partial charge is 0.191 e. The summed E-state index contributed by atoms with van der Waals surface area (Å²) in [4.78, 5) is 4.00. The molecular weight excluding hydrogens is 461 g/mol. The number of hydrogen-bond donors (Lipinski definition) is 2. The molecule has 1 saturated carbocycles. The molecule has 0 spiro atoms. The van der Waals surface area contributed by atoms with Gasteiger partial charge in [0, 0.05) is 36.7 Å². The normalized spacial score (nSPS) is 18.9. The maximum Gasteiger partial charge on any atom is 0.191 e. The highest BCUT2D eigenvalue weighted by Gasteiger charge is 2.42. The lowest BCUT2D eigenvalue weighted by Gasteiger charge is -2.13. The van der Waals surface area contributed by atoms with Crippen molar-refractivity contribution in [3.05, 3.63) is 70.8 Å². The Morgan fingerprint density at radius 1 is 1.08 bits per heavy atom. The molecule has 0 aliphatic heterocycles. The van der Waals surface area contributed by atoms with Crippen molar-refractivity contribution < 1.29 is 17.6 Å². The SMILES string of the molecule is CN=C(NCc1cc(F)ccc1F)NC1CC1c1c(F)cccc1F.I. The van der Waals surface area contributed by atoms with Crippen LogP contribution in [0.1, 0.15) is 23.5 Å². The number of guanidine groups is 1. The van der Waals surface area contributed by atoms with E-state index in [2.05, 4.69) is 15.6 Å². The highest BCUT2D eigenvalue weighted by Crippen LogP contribution is 2.43. The number of hydrogen-bond acceptors (Lipinski definition) is 1. The molecule has 0 aromatic heterocycles. The summed E-state index contributed by atoms with van der Waals surface area (Å²) in [5.74, 6) is -2.13. The molecule has 3 rings (SSSR count). The zero-order valence-electron chi connectivity index (χ0n) is 13.9. The van der Waals surface area contributed by atoms with Gasteiger partial charge in [-0.15, -0.1) is 24.0 Å². The molecule has 26 heavy (non-hydrogen) atoms. The first-order chi connectivity index (χ1) is 12.0. The van der Waals surface area contributed by atoms with Gasteiger partial charge in [0.1, 0.15) is 23.3 Å². The van der Waals surface area contributed by atoms with E-state index in [0.29, 0.717) is 12.4 Å². The Bertz CT molecular complexity index is 793. The minimum absolute atomic E-state index is 0. The van der Waals surface area contributed by atoms with Crippen LogP contribution in [0.25, 0.3) is 0 Å². The summed E-state index contributed by atoms with van der Waals surface area (Å²) >= 11 is 0. The Labute approximate surface area is 165 Å². The van der Waals surface area contributed by atoms with Gasteiger partial charge < -0.3 is 10.6 Å². The van der Waals surface area contributed by atoms with Crippen LogP contribution in [-0.2, 0) is 6.54 Å². The quantitative estimate of drug-likeness (QED) is 0.300. The molecule has 2 aromatic carbocycles. The fourth-order valence-corrected chi connectivity index (χ4v) is 2.77. The number of nitrogens with one attached hydrogen (secondary N) is 2. The van der Waals surface area contributed by atoms with Crippen molar-refractivity contribution >= 4 is 29.9 Å². The molecule has 0 radical (unpaired) electrons. The first-order valence-electron chi connectivity index (χ1n) is 7.84. The predicted octanol–water partition coefficient (Wildman–Crippen LogP) is 4.08. The summed E-state index contributed by atoms with van der Waals surface area (Å²) in [5.41, 5.74) is 0.224. The molecule has 0 heterocycles. The Morgan fingerprint density at radius 3 is 2.42 bits per heavy atom. The highest BCUT2D eigenvalue weighted by molar-refractivity contribution is 14.0. The average molecular weight is 479 g/mol. The van der Waals surface area contributed by atoms with E-state index in [-0.39, 0.29) is 53.6 Å². The van der Waals surface area contributed by atoms with E-state index in [1.807, 2.05) is 0 Å². The van der Waals surface area contributed by atoms with E-state index in [0.717, 1.165) is 18.2 Å². The molecule has 1 fully saturated rings. The van der Waals surface area contributed by atoms with Gasteiger partial charge in [-0.25, -0.2) is 17.6 Å². The highest BCUT2D eigenvalue weighted by atomic mass is 127. The second kappa shape index (κ2) is 8.70. The maximum absolute atomic E-state index is 13.8. The van der Waals surface area contributed by atoms with Gasteiger partial charge in [0.15, 0.2) is 5.96 Å². The van der Waals surface area contributed by atoms with Crippen LogP contribution in [0.5, 0.6) is 0 Å². The molecule has 3 nitrogen and oxygen atoms in total. The first-order valence-corrected chi connectivity index (χ1v) is 7.84. The van der Waals surface area contributed by atoms with E-state index >= 15 is 0 Å². The number of nitrogens with zero attached hydrogens (tertiary/aromatic N) is 1. The Morgan fingerprint density at radius 2 is 1.77 bits per heavy atom. The molecule has 2 aromatic rings. The van der Waals surface area contributed by atoms with Gasteiger partial charge in [0.25, 0.3) is 0 Å². The average Bonchev–Trinajstić information content (AvgIpc) is 3.33. The molecule has 2 unspecified atom stereocenters. The summed E-state index contributed by atoms with van der Waals surface area (Å²) in [6.07, 6.45) is 0.562. The largest absolute Gasteiger partial charge is 0.353 e. The van der Waals surface area contributed by atoms with Gasteiger partial charge in [-0.3, -0.25) is 4.99 Å². The van der Waals surface area contributed by atoms with Crippen LogP contribution in [0, 0.1) is 23.3 Å². The topological polar surface area (TPSA) is 36.4 Å². The number of rotatable bonds is 4. The number of benzene rings is 2. The molecule has 0 amide bonds. The summed E-state index contributed by atoms with van der Waals surface area (Å²) in [6.45, 7) is 0.0364. The standard InChI is InChI=1S/C18H17F4N3.HI/c1-23-18(24-9-10-7-11(19)5-6-13(10)20)25-16-8-12(16)17-14(21)3-2-4-15(17)22;/h2-7,12,16H,8-9H2,1H3,(H2,23,24,25);1H. The summed E-state index contributed by atoms with van der Waals surface area (Å²) in [6, 6.07) is 6.82. The third kappa shape index (κ3) is 4.66. The van der Waals surface area contributed by atoms with Gasteiger partial charge in [0.2, 0.25) is 0 Å². The number of halogens is 5. The number of aliphatic imine (C=N–C) groups is 1. The molecule has 0 bridgehead atoms. The van der Waals surface area contributed by atoms with Gasteiger partial charge >= 0.3 is 0 Å². The fraction of sp³-hybridized carbons (Fsp3) is 0.278. The molecule has 1 aliphatic rings. The lowest BCUT2D eigenvalue weighted by Crippen LogP contribution is -2.38. The van der Waals surface area contributed by atoms with Crippen LogP contribution >= 0.6 is 24.0 Å². The predicted molar refractivity (Wildman–Crippen MR) is 103 cm³/mol. The van der Waals surface area contributed by atoms with Gasteiger partial charge in [-0.05, 0) is 36.8 Å². The van der Waals surface area contributed by atoms with Crippen LogP contribution in [0.3, 0.4) is 0 Å². The minimum atomic E-state index is -0.570. The molecule has 1 aliphatic carbocycles. The van der Waals surface area contributed by atoms with E-state index < -0.39 is 23.3 Å². The van der Waals surface area contributed by atoms with Crippen molar-refractivity contribution in [2.24, 2.45) is 4.99 Å². The van der Waals surface area contributed by atoms with Crippen molar-refractivity contribution in [1.29, 1.82) is 0 Å². The zero-order valence-corrected chi connectivity index (χ0v) is 16.2. The van der Waals surface area contributed by atoms with Gasteiger partial charge in [-0.1, -0.05) is 6.07 Å². The van der Waals surface area contributed by atoms with E-state index in [1.54, 1.807) is 0 Å². The monoisotopic (exact) mass is 479 g/mol. The maximum atomic E-state index is 13.8. The fourth-order valence-electron chi connectivity index (χ4n) is 2.77. The van der Waals surface area contributed by atoms with Crippen molar-refractivity contribution in [3.8, 4) is 0 Å². The second-order valence-electron chi connectivity index (χ2n) is 5.89. The minimum Gasteiger partial charge on any atom is -0.353 e.